The predicted octanol–water partition coefficient (Wildman–Crippen LogP) is 2.76. The Morgan fingerprint density at radius 3 is 2.00 bits per heavy atom. The van der Waals surface area contributed by atoms with E-state index in [-0.39, 0.29) is 6.04 Å². The summed E-state index contributed by atoms with van der Waals surface area (Å²) in [6, 6.07) is 5.33. The fourth-order valence-electron chi connectivity index (χ4n) is 2.44. The first-order valence-corrected chi connectivity index (χ1v) is 6.03. The lowest BCUT2D eigenvalue weighted by Gasteiger charge is -2.36. The molecule has 1 fully saturated rings. The summed E-state index contributed by atoms with van der Waals surface area (Å²) in [5.41, 5.74) is 11.7. The molecule has 2 nitrogen and oxygen atoms in total. The Hall–Kier alpha value is -1.07. The fourth-order valence-corrected chi connectivity index (χ4v) is 2.44. The average molecular weight is 258 g/mol. The van der Waals surface area contributed by atoms with Gasteiger partial charge >= 0.3 is 6.18 Å². The van der Waals surface area contributed by atoms with Crippen LogP contribution in [0.15, 0.2) is 24.3 Å². The third kappa shape index (κ3) is 2.67. The van der Waals surface area contributed by atoms with Gasteiger partial charge in [0, 0.05) is 11.6 Å². The largest absolute Gasteiger partial charge is 0.416 e. The average Bonchev–Trinajstić information content (AvgIpc) is 2.32. The lowest BCUT2D eigenvalue weighted by molar-refractivity contribution is -0.137. The first-order chi connectivity index (χ1) is 8.31. The third-order valence-electron chi connectivity index (χ3n) is 3.71. The van der Waals surface area contributed by atoms with Crippen LogP contribution in [0.25, 0.3) is 0 Å². The van der Waals surface area contributed by atoms with Gasteiger partial charge < -0.3 is 11.5 Å². The summed E-state index contributed by atoms with van der Waals surface area (Å²) < 4.78 is 37.4. The van der Waals surface area contributed by atoms with Gasteiger partial charge in [-0.1, -0.05) is 12.1 Å². The molecule has 4 N–H and O–H groups in total. The molecule has 2 rings (SSSR count). The molecule has 0 aliphatic heterocycles. The van der Waals surface area contributed by atoms with Gasteiger partial charge in [-0.3, -0.25) is 0 Å². The van der Waals surface area contributed by atoms with Crippen LogP contribution in [-0.4, -0.2) is 6.04 Å². The summed E-state index contributed by atoms with van der Waals surface area (Å²) in [5.74, 6) is 0. The zero-order chi connectivity index (χ0) is 13.4. The summed E-state index contributed by atoms with van der Waals surface area (Å²) in [6.07, 6.45) is -1.22. The molecule has 0 amide bonds. The highest BCUT2D eigenvalue weighted by Gasteiger charge is 2.34. The molecule has 0 aromatic heterocycles. The molecule has 1 saturated carbocycles. The minimum Gasteiger partial charge on any atom is -0.328 e. The lowest BCUT2D eigenvalue weighted by Crippen LogP contribution is -2.43. The fraction of sp³-hybridized carbons (Fsp3) is 0.538. The molecule has 0 saturated heterocycles. The van der Waals surface area contributed by atoms with E-state index in [1.54, 1.807) is 0 Å². The Balaban J connectivity index is 2.19. The van der Waals surface area contributed by atoms with E-state index in [2.05, 4.69) is 0 Å². The highest BCUT2D eigenvalue weighted by Crippen LogP contribution is 2.36. The van der Waals surface area contributed by atoms with Gasteiger partial charge in [0.1, 0.15) is 0 Å². The second kappa shape index (κ2) is 4.55. The van der Waals surface area contributed by atoms with Crippen LogP contribution in [0.2, 0.25) is 0 Å². The van der Waals surface area contributed by atoms with Gasteiger partial charge in [0.25, 0.3) is 0 Å². The number of hydrogen-bond acceptors (Lipinski definition) is 2. The van der Waals surface area contributed by atoms with Crippen molar-refractivity contribution in [2.45, 2.75) is 43.4 Å². The van der Waals surface area contributed by atoms with Crippen LogP contribution in [0.5, 0.6) is 0 Å². The molecule has 0 bridgehead atoms. The SMILES string of the molecule is NC1CCC(N)(c2ccc(C(F)(F)F)cc2)CC1. The van der Waals surface area contributed by atoms with Gasteiger partial charge in [0.15, 0.2) is 0 Å². The Labute approximate surface area is 104 Å². The highest BCUT2D eigenvalue weighted by molar-refractivity contribution is 5.30. The maximum Gasteiger partial charge on any atom is 0.416 e. The Morgan fingerprint density at radius 2 is 1.56 bits per heavy atom. The summed E-state index contributed by atoms with van der Waals surface area (Å²) >= 11 is 0. The van der Waals surface area contributed by atoms with Crippen LogP contribution in [0, 0.1) is 0 Å². The van der Waals surface area contributed by atoms with Crippen LogP contribution in [0.1, 0.15) is 36.8 Å². The molecule has 100 valence electrons. The van der Waals surface area contributed by atoms with E-state index in [9.17, 15) is 13.2 Å². The van der Waals surface area contributed by atoms with E-state index >= 15 is 0 Å². The van der Waals surface area contributed by atoms with Crippen LogP contribution >= 0.6 is 0 Å². The molecule has 0 spiro atoms. The minimum absolute atomic E-state index is 0.163. The molecule has 1 aromatic rings. The standard InChI is InChI=1S/C13H17F3N2/c14-13(15,16)10-3-1-9(2-4-10)12(18)7-5-11(17)6-8-12/h1-4,11H,5-8,17-18H2. The Kier molecular flexibility index (Phi) is 3.38. The molecule has 0 heterocycles. The van der Waals surface area contributed by atoms with Crippen LogP contribution in [0.4, 0.5) is 13.2 Å². The van der Waals surface area contributed by atoms with Crippen molar-refractivity contribution in [1.82, 2.24) is 0 Å². The van der Waals surface area contributed by atoms with Crippen molar-refractivity contribution in [3.8, 4) is 0 Å². The van der Waals surface area contributed by atoms with E-state index in [1.807, 2.05) is 0 Å². The Morgan fingerprint density at radius 1 is 1.06 bits per heavy atom. The molecule has 0 atom stereocenters. The smallest absolute Gasteiger partial charge is 0.328 e. The van der Waals surface area contributed by atoms with Crippen LogP contribution in [-0.2, 0) is 11.7 Å². The van der Waals surface area contributed by atoms with Gasteiger partial charge in [-0.05, 0) is 43.4 Å². The highest BCUT2D eigenvalue weighted by atomic mass is 19.4. The minimum atomic E-state index is -4.30. The van der Waals surface area contributed by atoms with E-state index in [1.165, 1.54) is 12.1 Å². The van der Waals surface area contributed by atoms with Crippen molar-refractivity contribution in [3.63, 3.8) is 0 Å². The van der Waals surface area contributed by atoms with E-state index in [0.717, 1.165) is 43.4 Å². The molecule has 0 unspecified atom stereocenters. The summed E-state index contributed by atoms with van der Waals surface area (Å²) in [7, 11) is 0. The van der Waals surface area contributed by atoms with Crippen LogP contribution in [0.3, 0.4) is 0 Å². The zero-order valence-electron chi connectivity index (χ0n) is 10.0. The Bertz CT molecular complexity index is 403. The second-order valence-corrected chi connectivity index (χ2v) is 5.07. The number of benzene rings is 1. The monoisotopic (exact) mass is 258 g/mol. The van der Waals surface area contributed by atoms with Crippen molar-refractivity contribution >= 4 is 0 Å². The second-order valence-electron chi connectivity index (χ2n) is 5.07. The van der Waals surface area contributed by atoms with Gasteiger partial charge in [0.05, 0.1) is 5.56 Å². The molecule has 0 radical (unpaired) electrons. The molecular weight excluding hydrogens is 241 g/mol. The third-order valence-corrected chi connectivity index (χ3v) is 3.71. The summed E-state index contributed by atoms with van der Waals surface area (Å²) in [5, 5.41) is 0. The van der Waals surface area contributed by atoms with Crippen molar-refractivity contribution in [2.75, 3.05) is 0 Å². The maximum atomic E-state index is 12.5. The first kappa shape index (κ1) is 13.4. The van der Waals surface area contributed by atoms with Gasteiger partial charge in [-0.2, -0.15) is 13.2 Å². The van der Waals surface area contributed by atoms with Crippen molar-refractivity contribution in [2.24, 2.45) is 11.5 Å². The number of alkyl halides is 3. The zero-order valence-corrected chi connectivity index (χ0v) is 10.0. The number of hydrogen-bond donors (Lipinski definition) is 2. The predicted molar refractivity (Wildman–Crippen MR) is 63.8 cm³/mol. The summed E-state index contributed by atoms with van der Waals surface area (Å²) in [6.45, 7) is 0. The lowest BCUT2D eigenvalue weighted by atomic mass is 9.76. The van der Waals surface area contributed by atoms with Gasteiger partial charge in [-0.25, -0.2) is 0 Å². The van der Waals surface area contributed by atoms with E-state index < -0.39 is 17.3 Å². The topological polar surface area (TPSA) is 52.0 Å². The maximum absolute atomic E-state index is 12.5. The van der Waals surface area contributed by atoms with E-state index in [4.69, 9.17) is 11.5 Å². The number of nitrogens with two attached hydrogens (primary N) is 2. The molecular formula is C13H17F3N2. The van der Waals surface area contributed by atoms with Gasteiger partial charge in [0.2, 0.25) is 0 Å². The number of halogens is 3. The van der Waals surface area contributed by atoms with Crippen molar-refractivity contribution < 1.29 is 13.2 Å². The molecule has 1 aliphatic rings. The summed E-state index contributed by atoms with van der Waals surface area (Å²) in [4.78, 5) is 0. The van der Waals surface area contributed by atoms with Crippen molar-refractivity contribution in [1.29, 1.82) is 0 Å². The normalized spacial score (nSPS) is 29.3. The van der Waals surface area contributed by atoms with Crippen molar-refractivity contribution in [3.05, 3.63) is 35.4 Å². The molecule has 18 heavy (non-hydrogen) atoms. The quantitative estimate of drug-likeness (QED) is 0.813. The van der Waals surface area contributed by atoms with Crippen LogP contribution < -0.4 is 11.5 Å². The van der Waals surface area contributed by atoms with Gasteiger partial charge in [-0.15, -0.1) is 0 Å². The molecule has 5 heteroatoms. The molecule has 1 aliphatic carbocycles. The first-order valence-electron chi connectivity index (χ1n) is 6.03. The number of rotatable bonds is 1. The van der Waals surface area contributed by atoms with E-state index in [0.29, 0.717) is 0 Å². The molecule has 1 aromatic carbocycles.